The fourth-order valence-corrected chi connectivity index (χ4v) is 2.77. The molecule has 1 fully saturated rings. The fourth-order valence-electron chi connectivity index (χ4n) is 2.77. The Hall–Kier alpha value is -1.51. The second-order valence-corrected chi connectivity index (χ2v) is 4.91. The molecule has 2 atom stereocenters. The van der Waals surface area contributed by atoms with Crippen molar-refractivity contribution in [2.45, 2.75) is 32.1 Å². The van der Waals surface area contributed by atoms with Crippen LogP contribution < -0.4 is 5.73 Å². The number of hydrogen-bond donors (Lipinski definition) is 2. The molecule has 2 unspecified atom stereocenters. The maximum Gasteiger partial charge on any atom is 0.110 e. The van der Waals surface area contributed by atoms with E-state index in [0.717, 1.165) is 28.5 Å². The summed E-state index contributed by atoms with van der Waals surface area (Å²) in [6, 6.07) is 5.86. The van der Waals surface area contributed by atoms with Crippen molar-refractivity contribution in [1.82, 2.24) is 9.97 Å². The first kappa shape index (κ1) is 9.70. The van der Waals surface area contributed by atoms with Crippen LogP contribution >= 0.6 is 0 Å². The highest BCUT2D eigenvalue weighted by atomic mass is 14.9. The molecule has 84 valence electrons. The summed E-state index contributed by atoms with van der Waals surface area (Å²) >= 11 is 0. The third kappa shape index (κ3) is 1.47. The third-order valence-corrected chi connectivity index (χ3v) is 3.74. The second kappa shape index (κ2) is 3.51. The van der Waals surface area contributed by atoms with Gasteiger partial charge in [0.15, 0.2) is 0 Å². The van der Waals surface area contributed by atoms with Gasteiger partial charge in [-0.05, 0) is 37.0 Å². The summed E-state index contributed by atoms with van der Waals surface area (Å²) < 4.78 is 0. The molecule has 0 aliphatic heterocycles. The maximum absolute atomic E-state index is 5.77. The zero-order valence-electron chi connectivity index (χ0n) is 9.53. The first-order valence-electron chi connectivity index (χ1n) is 5.99. The van der Waals surface area contributed by atoms with Gasteiger partial charge in [-0.1, -0.05) is 13.3 Å². The number of benzene rings is 1. The molecule has 3 rings (SSSR count). The minimum atomic E-state index is 0.605. The van der Waals surface area contributed by atoms with E-state index < -0.39 is 0 Å². The van der Waals surface area contributed by atoms with Crippen LogP contribution in [0.2, 0.25) is 0 Å². The molecule has 1 aliphatic carbocycles. The van der Waals surface area contributed by atoms with Gasteiger partial charge < -0.3 is 10.7 Å². The van der Waals surface area contributed by atoms with Crippen molar-refractivity contribution in [2.75, 3.05) is 5.73 Å². The highest BCUT2D eigenvalue weighted by Gasteiger charge is 2.27. The Labute approximate surface area is 95.1 Å². The Morgan fingerprint density at radius 1 is 1.38 bits per heavy atom. The van der Waals surface area contributed by atoms with Gasteiger partial charge in [-0.2, -0.15) is 0 Å². The van der Waals surface area contributed by atoms with Crippen molar-refractivity contribution in [3.05, 3.63) is 24.0 Å². The molecule has 2 aromatic rings. The van der Waals surface area contributed by atoms with Crippen LogP contribution in [-0.4, -0.2) is 9.97 Å². The summed E-state index contributed by atoms with van der Waals surface area (Å²) in [5, 5.41) is 0. The largest absolute Gasteiger partial charge is 0.399 e. The predicted octanol–water partition coefficient (Wildman–Crippen LogP) is 3.05. The van der Waals surface area contributed by atoms with Crippen molar-refractivity contribution in [3.8, 4) is 0 Å². The average Bonchev–Trinajstić information content (AvgIpc) is 2.82. The van der Waals surface area contributed by atoms with Crippen LogP contribution in [0.1, 0.15) is 37.9 Å². The zero-order valence-corrected chi connectivity index (χ0v) is 9.53. The summed E-state index contributed by atoms with van der Waals surface area (Å²) in [4.78, 5) is 8.09. The molecule has 0 saturated heterocycles. The number of rotatable bonds is 1. The lowest BCUT2D eigenvalue weighted by Gasteiger charge is -2.11. The minimum absolute atomic E-state index is 0.605. The van der Waals surface area contributed by atoms with Crippen molar-refractivity contribution in [1.29, 1.82) is 0 Å². The highest BCUT2D eigenvalue weighted by Crippen LogP contribution is 2.38. The number of nitrogen functional groups attached to an aromatic ring is 1. The van der Waals surface area contributed by atoms with Gasteiger partial charge in [0, 0.05) is 11.6 Å². The number of aromatic amines is 1. The van der Waals surface area contributed by atoms with E-state index in [1.807, 2.05) is 18.2 Å². The number of hydrogen-bond acceptors (Lipinski definition) is 2. The lowest BCUT2D eigenvalue weighted by molar-refractivity contribution is 0.514. The van der Waals surface area contributed by atoms with Crippen molar-refractivity contribution >= 4 is 16.7 Å². The van der Waals surface area contributed by atoms with E-state index in [0.29, 0.717) is 5.92 Å². The van der Waals surface area contributed by atoms with E-state index in [1.54, 1.807) is 0 Å². The summed E-state index contributed by atoms with van der Waals surface area (Å²) in [7, 11) is 0. The molecular formula is C13H17N3. The zero-order chi connectivity index (χ0) is 11.1. The summed E-state index contributed by atoms with van der Waals surface area (Å²) in [5.41, 5.74) is 8.65. The second-order valence-electron chi connectivity index (χ2n) is 4.91. The van der Waals surface area contributed by atoms with Crippen LogP contribution in [0.15, 0.2) is 18.2 Å². The summed E-state index contributed by atoms with van der Waals surface area (Å²) in [6.45, 7) is 2.32. The first-order valence-corrected chi connectivity index (χ1v) is 5.99. The van der Waals surface area contributed by atoms with Crippen molar-refractivity contribution in [3.63, 3.8) is 0 Å². The molecule has 1 aromatic carbocycles. The van der Waals surface area contributed by atoms with Crippen molar-refractivity contribution in [2.24, 2.45) is 5.92 Å². The van der Waals surface area contributed by atoms with E-state index >= 15 is 0 Å². The van der Waals surface area contributed by atoms with Gasteiger partial charge in [-0.15, -0.1) is 0 Å². The smallest absolute Gasteiger partial charge is 0.110 e. The molecule has 0 amide bonds. The number of anilines is 1. The number of fused-ring (bicyclic) bond motifs is 1. The number of H-pyrrole nitrogens is 1. The molecular weight excluding hydrogens is 198 g/mol. The van der Waals surface area contributed by atoms with Crippen LogP contribution in [0.5, 0.6) is 0 Å². The first-order chi connectivity index (χ1) is 7.74. The van der Waals surface area contributed by atoms with Crippen LogP contribution in [0.4, 0.5) is 5.69 Å². The van der Waals surface area contributed by atoms with Crippen molar-refractivity contribution < 1.29 is 0 Å². The Bertz CT molecular complexity index is 515. The number of imidazole rings is 1. The predicted molar refractivity (Wildman–Crippen MR) is 66.3 cm³/mol. The lowest BCUT2D eigenvalue weighted by Crippen LogP contribution is -2.03. The molecule has 3 heteroatoms. The minimum Gasteiger partial charge on any atom is -0.399 e. The van der Waals surface area contributed by atoms with Gasteiger partial charge in [-0.3, -0.25) is 0 Å². The van der Waals surface area contributed by atoms with Gasteiger partial charge in [-0.25, -0.2) is 4.98 Å². The van der Waals surface area contributed by atoms with Gasteiger partial charge in [0.25, 0.3) is 0 Å². The SMILES string of the molecule is CC1CCCC1c1nc2ccc(N)cc2[nH]1. The van der Waals surface area contributed by atoms with E-state index in [9.17, 15) is 0 Å². The third-order valence-electron chi connectivity index (χ3n) is 3.74. The Kier molecular flexibility index (Phi) is 2.13. The van der Waals surface area contributed by atoms with Gasteiger partial charge >= 0.3 is 0 Å². The van der Waals surface area contributed by atoms with Crippen LogP contribution in [0.25, 0.3) is 11.0 Å². The Balaban J connectivity index is 2.04. The Morgan fingerprint density at radius 2 is 2.25 bits per heavy atom. The monoisotopic (exact) mass is 215 g/mol. The molecule has 0 radical (unpaired) electrons. The summed E-state index contributed by atoms with van der Waals surface area (Å²) in [6.07, 6.45) is 3.91. The van der Waals surface area contributed by atoms with Crippen LogP contribution in [0, 0.1) is 5.92 Å². The molecule has 1 heterocycles. The van der Waals surface area contributed by atoms with E-state index in [2.05, 4.69) is 16.9 Å². The molecule has 1 saturated carbocycles. The fraction of sp³-hybridized carbons (Fsp3) is 0.462. The van der Waals surface area contributed by atoms with Crippen LogP contribution in [-0.2, 0) is 0 Å². The normalized spacial score (nSPS) is 25.3. The standard InChI is InChI=1S/C13H17N3/c1-8-3-2-4-10(8)13-15-11-6-5-9(14)7-12(11)16-13/h5-8,10H,2-4,14H2,1H3,(H,15,16). The Morgan fingerprint density at radius 3 is 3.00 bits per heavy atom. The average molecular weight is 215 g/mol. The van der Waals surface area contributed by atoms with E-state index in [1.165, 1.54) is 19.3 Å². The number of aromatic nitrogens is 2. The molecule has 0 spiro atoms. The summed E-state index contributed by atoms with van der Waals surface area (Å²) in [5.74, 6) is 2.50. The number of nitrogens with one attached hydrogen (secondary N) is 1. The quantitative estimate of drug-likeness (QED) is 0.718. The lowest BCUT2D eigenvalue weighted by atomic mass is 9.98. The number of nitrogens with two attached hydrogens (primary N) is 1. The molecule has 0 bridgehead atoms. The molecule has 3 N–H and O–H groups in total. The topological polar surface area (TPSA) is 54.7 Å². The highest BCUT2D eigenvalue weighted by molar-refractivity contribution is 5.78. The van der Waals surface area contributed by atoms with Gasteiger partial charge in [0.05, 0.1) is 11.0 Å². The van der Waals surface area contributed by atoms with E-state index in [4.69, 9.17) is 5.73 Å². The molecule has 3 nitrogen and oxygen atoms in total. The molecule has 1 aromatic heterocycles. The van der Waals surface area contributed by atoms with E-state index in [-0.39, 0.29) is 0 Å². The van der Waals surface area contributed by atoms with Gasteiger partial charge in [0.1, 0.15) is 5.82 Å². The maximum atomic E-state index is 5.77. The molecule has 16 heavy (non-hydrogen) atoms. The number of nitrogens with zero attached hydrogens (tertiary/aromatic N) is 1. The van der Waals surface area contributed by atoms with Crippen LogP contribution in [0.3, 0.4) is 0 Å². The molecule has 1 aliphatic rings. The van der Waals surface area contributed by atoms with Gasteiger partial charge in [0.2, 0.25) is 0 Å².